The number of rotatable bonds is 2. The van der Waals surface area contributed by atoms with Crippen LogP contribution in [0, 0.1) is 19.3 Å². The molecule has 0 aromatic heterocycles. The van der Waals surface area contributed by atoms with E-state index in [1.807, 2.05) is 0 Å². The third kappa shape index (κ3) is 3.04. The van der Waals surface area contributed by atoms with E-state index in [0.717, 1.165) is 5.56 Å². The van der Waals surface area contributed by atoms with E-state index in [1.165, 1.54) is 19.1 Å². The van der Waals surface area contributed by atoms with Crippen molar-refractivity contribution in [1.29, 1.82) is 0 Å². The number of halogens is 3. The Bertz CT molecular complexity index is 470. The summed E-state index contributed by atoms with van der Waals surface area (Å²) in [7, 11) is 0. The highest BCUT2D eigenvalue weighted by molar-refractivity contribution is 5.98. The van der Waals surface area contributed by atoms with Crippen molar-refractivity contribution >= 4 is 11.6 Å². The topological polar surface area (TPSA) is 20.3 Å². The second-order valence-electron chi connectivity index (χ2n) is 3.85. The predicted octanol–water partition coefficient (Wildman–Crippen LogP) is 2.91. The van der Waals surface area contributed by atoms with Crippen LogP contribution in [-0.4, -0.2) is 18.1 Å². The second kappa shape index (κ2) is 5.13. The molecule has 0 radical (unpaired) electrons. The molecule has 0 fully saturated rings. The first-order valence-electron chi connectivity index (χ1n) is 5.20. The molecule has 0 saturated heterocycles. The summed E-state index contributed by atoms with van der Waals surface area (Å²) in [5.74, 6) is 0.175. The van der Waals surface area contributed by atoms with Crippen molar-refractivity contribution in [2.24, 2.45) is 0 Å². The minimum Gasteiger partial charge on any atom is -0.291 e. The number of hydrogen-bond acceptors (Lipinski definition) is 1. The fraction of sp³-hybridized carbons (Fsp3) is 0.308. The van der Waals surface area contributed by atoms with Gasteiger partial charge < -0.3 is 0 Å². The number of terminal acetylenes is 1. The summed E-state index contributed by atoms with van der Waals surface area (Å²) in [6, 6.07) is 5.14. The Balaban J connectivity index is 3.19. The van der Waals surface area contributed by atoms with E-state index in [-0.39, 0.29) is 5.69 Å². The number of alkyl halides is 3. The van der Waals surface area contributed by atoms with E-state index in [2.05, 4.69) is 5.92 Å². The van der Waals surface area contributed by atoms with Gasteiger partial charge in [-0.25, -0.2) is 0 Å². The number of anilines is 1. The van der Waals surface area contributed by atoms with E-state index in [9.17, 15) is 18.0 Å². The van der Waals surface area contributed by atoms with Gasteiger partial charge in [-0.05, 0) is 26.0 Å². The molecule has 0 unspecified atom stereocenters. The van der Waals surface area contributed by atoms with Crippen molar-refractivity contribution in [1.82, 2.24) is 0 Å². The smallest absolute Gasteiger partial charge is 0.291 e. The molecule has 1 amide bonds. The molecule has 1 atom stereocenters. The predicted molar refractivity (Wildman–Crippen MR) is 63.0 cm³/mol. The van der Waals surface area contributed by atoms with Gasteiger partial charge in [0.1, 0.15) is 0 Å². The Morgan fingerprint density at radius 2 is 1.83 bits per heavy atom. The molecule has 0 aliphatic carbocycles. The van der Waals surface area contributed by atoms with Crippen LogP contribution in [0.3, 0.4) is 0 Å². The lowest BCUT2D eigenvalue weighted by Gasteiger charge is -2.26. The summed E-state index contributed by atoms with van der Waals surface area (Å²) < 4.78 is 37.5. The Morgan fingerprint density at radius 3 is 2.22 bits per heavy atom. The van der Waals surface area contributed by atoms with Crippen LogP contribution in [0.15, 0.2) is 24.3 Å². The third-order valence-corrected chi connectivity index (χ3v) is 2.40. The van der Waals surface area contributed by atoms with Gasteiger partial charge in [0.05, 0.1) is 6.04 Å². The Morgan fingerprint density at radius 1 is 1.33 bits per heavy atom. The summed E-state index contributed by atoms with van der Waals surface area (Å²) in [6.07, 6.45) is 0.162. The zero-order chi connectivity index (χ0) is 13.9. The van der Waals surface area contributed by atoms with Crippen molar-refractivity contribution in [2.75, 3.05) is 4.90 Å². The molecule has 1 aromatic rings. The zero-order valence-electron chi connectivity index (χ0n) is 9.95. The first-order chi connectivity index (χ1) is 8.27. The Labute approximate surface area is 103 Å². The number of aryl methyl sites for hydroxylation is 1. The molecule has 1 aromatic carbocycles. The zero-order valence-corrected chi connectivity index (χ0v) is 9.95. The summed E-state index contributed by atoms with van der Waals surface area (Å²) in [5.41, 5.74) is 1.01. The van der Waals surface area contributed by atoms with Crippen molar-refractivity contribution < 1.29 is 18.0 Å². The van der Waals surface area contributed by atoms with Crippen molar-refractivity contribution in [3.8, 4) is 12.3 Å². The van der Waals surface area contributed by atoms with E-state index >= 15 is 0 Å². The number of hydrogen-bond donors (Lipinski definition) is 0. The molecular formula is C13H12F3NO. The molecule has 96 valence electrons. The van der Waals surface area contributed by atoms with Gasteiger partial charge in [0, 0.05) is 5.69 Å². The summed E-state index contributed by atoms with van der Waals surface area (Å²) in [5, 5.41) is 0. The molecule has 0 aliphatic rings. The van der Waals surface area contributed by atoms with Crippen LogP contribution in [0.4, 0.5) is 18.9 Å². The summed E-state index contributed by atoms with van der Waals surface area (Å²) >= 11 is 0. The van der Waals surface area contributed by atoms with Gasteiger partial charge in [-0.2, -0.15) is 13.2 Å². The van der Waals surface area contributed by atoms with Gasteiger partial charge in [-0.1, -0.05) is 23.6 Å². The summed E-state index contributed by atoms with van der Waals surface area (Å²) in [4.78, 5) is 11.9. The Hall–Kier alpha value is -1.96. The lowest BCUT2D eigenvalue weighted by Crippen LogP contribution is -2.45. The first kappa shape index (κ1) is 14.1. The van der Waals surface area contributed by atoms with Crippen LogP contribution in [0.5, 0.6) is 0 Å². The highest BCUT2D eigenvalue weighted by atomic mass is 19.4. The standard InChI is InChI=1S/C13H12F3NO/c1-4-10(3)17(12(18)13(14,15)16)11-7-5-9(2)6-8-11/h1,5-8,10H,2-3H3/t10-/m0/s1. The lowest BCUT2D eigenvalue weighted by molar-refractivity contribution is -0.170. The minimum absolute atomic E-state index is 0.133. The van der Waals surface area contributed by atoms with Crippen LogP contribution in [0.25, 0.3) is 0 Å². The number of amides is 1. The van der Waals surface area contributed by atoms with E-state index in [0.29, 0.717) is 4.90 Å². The molecule has 0 heterocycles. The van der Waals surface area contributed by atoms with Crippen molar-refractivity contribution in [3.05, 3.63) is 29.8 Å². The average molecular weight is 255 g/mol. The second-order valence-corrected chi connectivity index (χ2v) is 3.85. The first-order valence-corrected chi connectivity index (χ1v) is 5.20. The van der Waals surface area contributed by atoms with Gasteiger partial charge in [-0.15, -0.1) is 6.42 Å². The number of carbonyl (C=O) groups excluding carboxylic acids is 1. The van der Waals surface area contributed by atoms with Crippen molar-refractivity contribution in [2.45, 2.75) is 26.1 Å². The van der Waals surface area contributed by atoms with Gasteiger partial charge in [0.25, 0.3) is 0 Å². The average Bonchev–Trinajstić information content (AvgIpc) is 2.30. The van der Waals surface area contributed by atoms with Gasteiger partial charge in [-0.3, -0.25) is 9.69 Å². The summed E-state index contributed by atoms with van der Waals surface area (Å²) in [6.45, 7) is 3.16. The van der Waals surface area contributed by atoms with Crippen LogP contribution in [0.2, 0.25) is 0 Å². The molecule has 0 saturated carbocycles. The molecule has 0 bridgehead atoms. The molecule has 0 aliphatic heterocycles. The number of benzene rings is 1. The van der Waals surface area contributed by atoms with Crippen LogP contribution in [0.1, 0.15) is 12.5 Å². The monoisotopic (exact) mass is 255 g/mol. The van der Waals surface area contributed by atoms with Gasteiger partial charge in [0.15, 0.2) is 0 Å². The molecule has 18 heavy (non-hydrogen) atoms. The van der Waals surface area contributed by atoms with Crippen LogP contribution >= 0.6 is 0 Å². The van der Waals surface area contributed by atoms with E-state index in [1.54, 1.807) is 19.1 Å². The van der Waals surface area contributed by atoms with Gasteiger partial charge in [0.2, 0.25) is 0 Å². The maximum atomic E-state index is 12.5. The highest BCUT2D eigenvalue weighted by Crippen LogP contribution is 2.25. The molecular weight excluding hydrogens is 243 g/mol. The maximum Gasteiger partial charge on any atom is 0.471 e. The highest BCUT2D eigenvalue weighted by Gasteiger charge is 2.44. The molecule has 0 N–H and O–H groups in total. The van der Waals surface area contributed by atoms with Crippen molar-refractivity contribution in [3.63, 3.8) is 0 Å². The normalized spacial score (nSPS) is 12.7. The Kier molecular flexibility index (Phi) is 4.02. The third-order valence-electron chi connectivity index (χ3n) is 2.40. The van der Waals surface area contributed by atoms with E-state index in [4.69, 9.17) is 6.42 Å². The van der Waals surface area contributed by atoms with Crippen LogP contribution < -0.4 is 4.90 Å². The molecule has 1 rings (SSSR count). The van der Waals surface area contributed by atoms with Gasteiger partial charge >= 0.3 is 12.1 Å². The largest absolute Gasteiger partial charge is 0.471 e. The maximum absolute atomic E-state index is 12.5. The SMILES string of the molecule is C#C[C@H](C)N(C(=O)C(F)(F)F)c1ccc(C)cc1. The fourth-order valence-corrected chi connectivity index (χ4v) is 1.43. The minimum atomic E-state index is -4.95. The molecule has 5 heteroatoms. The number of carbonyl (C=O) groups is 1. The quantitative estimate of drug-likeness (QED) is 0.744. The van der Waals surface area contributed by atoms with Crippen LogP contribution in [-0.2, 0) is 4.79 Å². The number of nitrogens with zero attached hydrogens (tertiary/aromatic N) is 1. The van der Waals surface area contributed by atoms with E-state index < -0.39 is 18.1 Å². The fourth-order valence-electron chi connectivity index (χ4n) is 1.43. The molecule has 2 nitrogen and oxygen atoms in total. The molecule has 0 spiro atoms. The lowest BCUT2D eigenvalue weighted by atomic mass is 10.2.